The highest BCUT2D eigenvalue weighted by molar-refractivity contribution is 5.97. The van der Waals surface area contributed by atoms with Gasteiger partial charge in [0, 0.05) is 6.07 Å². The van der Waals surface area contributed by atoms with Gasteiger partial charge in [-0.2, -0.15) is 0 Å². The predicted octanol–water partition coefficient (Wildman–Crippen LogP) is 2.39. The Labute approximate surface area is 163 Å². The lowest BCUT2D eigenvalue weighted by Crippen LogP contribution is -2.26. The molecule has 1 aliphatic rings. The average Bonchev–Trinajstić information content (AvgIpc) is 2.60. The molecule has 0 spiro atoms. The molecular formula is C20H27FO7. The highest BCUT2D eigenvalue weighted by atomic mass is 19.1. The van der Waals surface area contributed by atoms with E-state index in [1.807, 2.05) is 0 Å². The van der Waals surface area contributed by atoms with Crippen LogP contribution in [0.5, 0.6) is 11.5 Å². The summed E-state index contributed by atoms with van der Waals surface area (Å²) in [6.07, 6.45) is 4.31. The summed E-state index contributed by atoms with van der Waals surface area (Å²) in [6.45, 7) is 0.483. The maximum absolute atomic E-state index is 14.4. The van der Waals surface area contributed by atoms with Crippen molar-refractivity contribution in [2.45, 2.75) is 39.0 Å². The number of ketones is 1. The third-order valence-corrected chi connectivity index (χ3v) is 3.87. The van der Waals surface area contributed by atoms with Crippen LogP contribution in [0.1, 0.15) is 43.1 Å². The van der Waals surface area contributed by atoms with Crippen molar-refractivity contribution < 1.29 is 39.1 Å². The van der Waals surface area contributed by atoms with Crippen LogP contribution in [0, 0.1) is 0 Å². The minimum Gasteiger partial charge on any atom is -0.507 e. The van der Waals surface area contributed by atoms with Gasteiger partial charge in [-0.1, -0.05) is 19.6 Å². The molecule has 28 heavy (non-hydrogen) atoms. The summed E-state index contributed by atoms with van der Waals surface area (Å²) in [7, 11) is 1.41. The Morgan fingerprint density at radius 3 is 2.61 bits per heavy atom. The van der Waals surface area contributed by atoms with Gasteiger partial charge in [-0.3, -0.25) is 4.79 Å². The fourth-order valence-corrected chi connectivity index (χ4v) is 2.39. The Kier molecular flexibility index (Phi) is 9.56. The number of cyclic esters (lactones) is 1. The van der Waals surface area contributed by atoms with Crippen LogP contribution in [0.25, 0.3) is 6.08 Å². The molecule has 2 atom stereocenters. The minimum atomic E-state index is -2.10. The highest BCUT2D eigenvalue weighted by Gasteiger charge is 2.26. The first-order chi connectivity index (χ1) is 12.2. The van der Waals surface area contributed by atoms with Crippen LogP contribution in [-0.4, -0.2) is 52.9 Å². The number of carbonyl (C=O) groups excluding carboxylic acids is 2. The van der Waals surface area contributed by atoms with E-state index < -0.39 is 30.1 Å². The van der Waals surface area contributed by atoms with Crippen LogP contribution in [0.3, 0.4) is 0 Å². The number of aromatic hydroxyl groups is 1. The van der Waals surface area contributed by atoms with E-state index in [1.54, 1.807) is 12.2 Å². The summed E-state index contributed by atoms with van der Waals surface area (Å²) in [5.41, 5.74) is -1.90. The van der Waals surface area contributed by atoms with Gasteiger partial charge >= 0.3 is 5.97 Å². The molecule has 0 saturated heterocycles. The number of ether oxygens (including phenoxy) is 2. The van der Waals surface area contributed by atoms with Crippen molar-refractivity contribution in [1.29, 1.82) is 0 Å². The maximum atomic E-state index is 14.4. The molecule has 2 rings (SSSR count). The first kappa shape index (κ1) is 25.3. The first-order valence-electron chi connectivity index (χ1n) is 8.08. The number of aliphatic hydroxyl groups excluding tert-OH is 1. The van der Waals surface area contributed by atoms with Crippen LogP contribution in [0.2, 0.25) is 0 Å². The number of esters is 1. The van der Waals surface area contributed by atoms with E-state index in [0.29, 0.717) is 17.7 Å². The van der Waals surface area contributed by atoms with Gasteiger partial charge in [0.1, 0.15) is 29.8 Å². The van der Waals surface area contributed by atoms with Gasteiger partial charge in [-0.15, -0.1) is 0 Å². The molecule has 0 fully saturated rings. The van der Waals surface area contributed by atoms with Crippen LogP contribution in [0.4, 0.5) is 4.39 Å². The zero-order valence-corrected chi connectivity index (χ0v) is 15.1. The summed E-state index contributed by atoms with van der Waals surface area (Å²) in [5, 5.41) is 20.0. The quantitative estimate of drug-likeness (QED) is 0.700. The smallest absolute Gasteiger partial charge is 0.342 e. The zero-order valence-electron chi connectivity index (χ0n) is 15.1. The van der Waals surface area contributed by atoms with Crippen molar-refractivity contribution in [3.05, 3.63) is 41.5 Å². The number of hydrogen-bond acceptors (Lipinski definition) is 6. The van der Waals surface area contributed by atoms with Crippen LogP contribution in [-0.2, 0) is 9.53 Å². The van der Waals surface area contributed by atoms with E-state index in [2.05, 4.69) is 0 Å². The monoisotopic (exact) mass is 398 g/mol. The van der Waals surface area contributed by atoms with Gasteiger partial charge in [0.2, 0.25) is 0 Å². The third-order valence-electron chi connectivity index (χ3n) is 3.87. The number of phenolic OH excluding ortho intramolecular Hbond substituents is 1. The summed E-state index contributed by atoms with van der Waals surface area (Å²) in [4.78, 5) is 24.1. The number of alkyl halides is 1. The van der Waals surface area contributed by atoms with E-state index in [4.69, 9.17) is 9.47 Å². The number of halogens is 1. The van der Waals surface area contributed by atoms with E-state index in [-0.39, 0.29) is 30.6 Å². The zero-order chi connectivity index (χ0) is 19.3. The minimum absolute atomic E-state index is 0. The van der Waals surface area contributed by atoms with Crippen molar-refractivity contribution in [3.8, 4) is 11.5 Å². The molecule has 8 heteroatoms. The number of aliphatic hydroxyl groups is 1. The summed E-state index contributed by atoms with van der Waals surface area (Å²) in [5.74, 6) is -1.54. The van der Waals surface area contributed by atoms with Gasteiger partial charge in [-0.25, -0.2) is 9.18 Å². The number of allylic oxidation sites excluding steroid dienone is 1. The Morgan fingerprint density at radius 2 is 1.96 bits per heavy atom. The van der Waals surface area contributed by atoms with E-state index in [0.717, 1.165) is 19.1 Å². The normalized spacial score (nSPS) is 25.1. The lowest BCUT2D eigenvalue weighted by Gasteiger charge is -2.18. The molecule has 1 aliphatic heterocycles. The molecule has 1 aromatic carbocycles. The van der Waals surface area contributed by atoms with Crippen molar-refractivity contribution in [2.24, 2.45) is 0 Å². The second-order valence-corrected chi connectivity index (χ2v) is 6.20. The van der Waals surface area contributed by atoms with E-state index in [9.17, 15) is 24.2 Å². The highest BCUT2D eigenvalue weighted by Crippen LogP contribution is 2.30. The van der Waals surface area contributed by atoms with E-state index >= 15 is 0 Å². The lowest BCUT2D eigenvalue weighted by atomic mass is 10.0. The molecule has 4 N–H and O–H groups in total. The number of methoxy groups -OCH3 is 1. The number of fused-ring (bicyclic) bond motifs is 1. The fourth-order valence-electron chi connectivity index (χ4n) is 2.39. The number of rotatable bonds is 1. The average molecular weight is 398 g/mol. The van der Waals surface area contributed by atoms with E-state index in [1.165, 1.54) is 19.2 Å². The largest absolute Gasteiger partial charge is 0.507 e. The third kappa shape index (κ3) is 6.47. The molecule has 7 nitrogen and oxygen atoms in total. The summed E-state index contributed by atoms with van der Waals surface area (Å²) in [6, 6.07) is 2.78. The predicted molar refractivity (Wildman–Crippen MR) is 103 cm³/mol. The summed E-state index contributed by atoms with van der Waals surface area (Å²) < 4.78 is 24.5. The Balaban J connectivity index is 0.00000364. The van der Waals surface area contributed by atoms with Crippen molar-refractivity contribution in [3.63, 3.8) is 0 Å². The standard InChI is InChI=1S/C19H21FO6.CH4.H2O/c1-19(20)8-7-15(22)14(21)6-4-3-5-12-9-13(25-2)10-16(23)17(12)18(24)26-11-19;;/h3,5,7-10,14,21,23H,4,6,11H2,1-2H3;1H4;1H2/b5-3+,8-7-;;/t14-,19-;;/m0../s1. The lowest BCUT2D eigenvalue weighted by molar-refractivity contribution is -0.122. The van der Waals surface area contributed by atoms with Crippen molar-refractivity contribution >= 4 is 17.8 Å². The van der Waals surface area contributed by atoms with Crippen LogP contribution < -0.4 is 4.74 Å². The van der Waals surface area contributed by atoms with Crippen molar-refractivity contribution in [2.75, 3.05) is 13.7 Å². The summed E-state index contributed by atoms with van der Waals surface area (Å²) >= 11 is 0. The Bertz CT molecular complexity index is 753. The molecule has 1 heterocycles. The molecule has 0 bridgehead atoms. The number of phenols is 1. The molecule has 1 aromatic rings. The van der Waals surface area contributed by atoms with Crippen LogP contribution >= 0.6 is 0 Å². The topological polar surface area (TPSA) is 125 Å². The van der Waals surface area contributed by atoms with Gasteiger partial charge < -0.3 is 25.2 Å². The van der Waals surface area contributed by atoms with Crippen molar-refractivity contribution in [1.82, 2.24) is 0 Å². The Morgan fingerprint density at radius 1 is 1.29 bits per heavy atom. The second-order valence-electron chi connectivity index (χ2n) is 6.20. The number of hydrogen-bond donors (Lipinski definition) is 2. The molecule has 0 aliphatic carbocycles. The fraction of sp³-hybridized carbons (Fsp3) is 0.400. The molecule has 0 aromatic heterocycles. The first-order valence-corrected chi connectivity index (χ1v) is 8.08. The number of carbonyl (C=O) groups is 2. The van der Waals surface area contributed by atoms with Gasteiger partial charge in [0.05, 0.1) is 7.11 Å². The number of benzene rings is 1. The maximum Gasteiger partial charge on any atom is 0.342 e. The molecule has 0 saturated carbocycles. The second kappa shape index (κ2) is 10.6. The van der Waals surface area contributed by atoms with Gasteiger partial charge in [0.15, 0.2) is 11.5 Å². The molecule has 156 valence electrons. The molecule has 0 amide bonds. The molecular weight excluding hydrogens is 371 g/mol. The molecule has 0 radical (unpaired) electrons. The van der Waals surface area contributed by atoms with Gasteiger partial charge in [0.25, 0.3) is 0 Å². The van der Waals surface area contributed by atoms with Crippen LogP contribution in [0.15, 0.2) is 30.4 Å². The van der Waals surface area contributed by atoms with Gasteiger partial charge in [-0.05, 0) is 43.5 Å². The SMILES string of the molecule is C.COc1cc(O)c2c(c1)/C=C/CC[C@H](O)C(=O)/C=C\[C@](C)(F)COC2=O.O. The molecule has 0 unspecified atom stereocenters. The Hall–Kier alpha value is -2.71.